The molecule has 38 heteroatoms. The Labute approximate surface area is 865 Å². The molecule has 14 aromatic rings. The molecule has 5 atom stereocenters. The molecule has 672 valence electrons. The second kappa shape index (κ2) is 52.4. The average Bonchev–Trinajstić information content (AvgIpc) is 1.59. The van der Waals surface area contributed by atoms with Gasteiger partial charge in [0.1, 0.15) is 40.4 Å². The summed E-state index contributed by atoms with van der Waals surface area (Å²) in [6.45, 7) is 8.27. The SMILES string of the molecule is CC(C)(C)OC(=O)N1CCC[C@H]1c1ncc(-c2ccc3c(c2)cc2n3[C@H](c3ccccc3)Oc3cc(-c4cnc(C5CCCC5)[nH]4)ccc3-2)[nH]1.CO.Cl.Cl.Cl.Cl.Cl.O=C=O.O=C=O.O=CO[O-].O=[N+]([O-])c1ccccc1.O=[N+]([O-])c1ccccc1.[H-].[K+].[K+].c1ccc([C@@H]2Oc3cc(-c4cnc(C5CCCN5)[nH]4)ccc3-c3cc4cc(-c5cnc([C@@H]6CCCN6)[nH]5)ccc4n32)cc1. The van der Waals surface area contributed by atoms with Gasteiger partial charge in [0.25, 0.3) is 17.8 Å². The van der Waals surface area contributed by atoms with E-state index in [-0.39, 0.29) is 221 Å². The number of nitrogens with one attached hydrogen (secondary N) is 6. The maximum absolute atomic E-state index is 13.0. The summed E-state index contributed by atoms with van der Waals surface area (Å²) in [6.07, 6.45) is 18.7. The molecule has 6 aliphatic rings. The first-order chi connectivity index (χ1) is 59.9. The maximum atomic E-state index is 13.0. The Morgan fingerprint density at radius 1 is 0.492 bits per heavy atom. The van der Waals surface area contributed by atoms with Crippen molar-refractivity contribution < 1.29 is 172 Å². The average molecular weight is 1920 g/mol. The molecule has 31 nitrogen and oxygen atoms in total. The number of benzene rings is 8. The number of aromatic nitrogens is 10. The first kappa shape index (κ1) is 109. The van der Waals surface area contributed by atoms with Gasteiger partial charge >= 0.3 is 121 Å². The van der Waals surface area contributed by atoms with Gasteiger partial charge in [-0.2, -0.15) is 19.2 Å². The Hall–Kier alpha value is -9.86. The predicted molar refractivity (Wildman–Crippen MR) is 490 cm³/mol. The van der Waals surface area contributed by atoms with E-state index in [1.165, 1.54) is 68.2 Å². The topological polar surface area (TPSA) is 421 Å². The van der Waals surface area contributed by atoms with Gasteiger partial charge in [0, 0.05) is 99.1 Å². The Morgan fingerprint density at radius 2 is 0.846 bits per heavy atom. The first-order valence-corrected chi connectivity index (χ1v) is 40.2. The molecule has 7 N–H and O–H groups in total. The summed E-state index contributed by atoms with van der Waals surface area (Å²) in [4.78, 5) is 111. The zero-order valence-electron chi connectivity index (χ0n) is 72.8. The molecule has 130 heavy (non-hydrogen) atoms. The molecule has 0 bridgehead atoms. The van der Waals surface area contributed by atoms with Crippen molar-refractivity contribution in [2.24, 2.45) is 0 Å². The van der Waals surface area contributed by atoms with Crippen LogP contribution in [0.15, 0.2) is 231 Å². The van der Waals surface area contributed by atoms with Crippen LogP contribution < -0.4 is 128 Å². The summed E-state index contributed by atoms with van der Waals surface area (Å²) < 4.78 is 24.1. The molecule has 1 unspecified atom stereocenters. The normalized spacial score (nSPS) is 15.9. The van der Waals surface area contributed by atoms with Crippen molar-refractivity contribution in [3.05, 3.63) is 286 Å². The number of ether oxygens (including phenoxy) is 3. The largest absolute Gasteiger partial charge is 1.00 e. The fraction of sp³-hybridized carbons (Fsp3) is 0.261. The minimum Gasteiger partial charge on any atom is -1.00 e. The number of rotatable bonds is 13. The summed E-state index contributed by atoms with van der Waals surface area (Å²) in [7, 11) is 1.00. The fourth-order valence-electron chi connectivity index (χ4n) is 16.1. The number of nitro benzene ring substituents is 2. The van der Waals surface area contributed by atoms with Crippen LogP contribution in [-0.4, -0.2) is 126 Å². The monoisotopic (exact) mass is 1920 g/mol. The maximum Gasteiger partial charge on any atom is 1.00 e. The number of imidazole rings is 4. The van der Waals surface area contributed by atoms with Gasteiger partial charge < -0.3 is 70.6 Å². The number of fused-ring (bicyclic) bond motifs is 10. The third-order valence-electron chi connectivity index (χ3n) is 21.6. The molecule has 0 spiro atoms. The van der Waals surface area contributed by atoms with Crippen molar-refractivity contribution in [1.82, 2.24) is 64.5 Å². The smallest absolute Gasteiger partial charge is 1.00 e. The number of H-pyrrole nitrogens is 4. The van der Waals surface area contributed by atoms with E-state index < -0.39 is 15.4 Å². The number of nitro groups is 2. The number of hydrogen-bond acceptors (Lipinski definition) is 22. The van der Waals surface area contributed by atoms with Crippen LogP contribution >= 0.6 is 62.0 Å². The molecule has 1 amide bonds. The number of aliphatic hydroxyl groups excluding tert-OH is 1. The number of aliphatic hydroxyl groups is 1. The van der Waals surface area contributed by atoms with E-state index >= 15 is 0 Å². The third-order valence-corrected chi connectivity index (χ3v) is 21.6. The molecule has 5 aliphatic heterocycles. The van der Waals surface area contributed by atoms with Gasteiger partial charge in [-0.25, -0.2) is 24.7 Å². The second-order valence-electron chi connectivity index (χ2n) is 30.4. The van der Waals surface area contributed by atoms with Crippen molar-refractivity contribution >= 4 is 120 Å². The van der Waals surface area contributed by atoms with Crippen molar-refractivity contribution in [2.45, 2.75) is 127 Å². The number of carbonyl (C=O) groups excluding carboxylic acids is 6. The van der Waals surface area contributed by atoms with Crippen molar-refractivity contribution in [3.8, 4) is 79.0 Å². The van der Waals surface area contributed by atoms with Crippen LogP contribution in [0.3, 0.4) is 0 Å². The number of para-hydroxylation sites is 2. The molecule has 20 rings (SSSR count). The fourth-order valence-corrected chi connectivity index (χ4v) is 16.1. The number of carbonyl (C=O) groups is 2. The molecule has 6 aromatic heterocycles. The zero-order valence-corrected chi connectivity index (χ0v) is 82.1. The zero-order chi connectivity index (χ0) is 86.5. The predicted octanol–water partition coefficient (Wildman–Crippen LogP) is 12.9. The molecular weight excluding hydrogens is 1830 g/mol. The molecule has 0 radical (unpaired) electrons. The minimum absolute atomic E-state index is 0. The molecule has 11 heterocycles. The summed E-state index contributed by atoms with van der Waals surface area (Å²) in [6, 6.07) is 68.0. The Bertz CT molecular complexity index is 5980. The number of non-ortho nitro benzene ring substituents is 2. The van der Waals surface area contributed by atoms with Gasteiger partial charge in [0.2, 0.25) is 12.5 Å². The van der Waals surface area contributed by atoms with E-state index in [1.807, 2.05) is 57.7 Å². The number of aromatic amines is 4. The van der Waals surface area contributed by atoms with Crippen LogP contribution in [0.1, 0.15) is 157 Å². The molecule has 1 aliphatic carbocycles. The minimum atomic E-state index is -0.545. The Morgan fingerprint density at radius 3 is 1.21 bits per heavy atom. The standard InChI is InChI=1S/C41H42N6O3.C35H33N7O.2C6H5NO2.CH2O3.2CO2.CH4O.5ClH.2K.H/c1-41(2,3)50-40(48)46-19-9-14-34(46)38-43-24-31(45-38)27-16-18-33-29(20-27)21-35-30-17-15-28(32-23-42-37(44-32)25-10-7-8-11-25)22-36(30)49-39(47(33)35)26-12-5-4-6-13-26;1-2-6-21(7-3-1)35-42-30-13-11-22(28-19-38-33(40-28)26-8-4-14-36-26)16-24(30)17-31(42)25-12-10-23(18-32(25)43-35)29-20-39-34(41-29)27-9-5-15-37-27;2*8-7(9)6-4-2-1-3-5-6;2-1-4-3;2*2-1-3;1-2;;;;;;;;/h4-6,12-13,15-18,20-25,34,39H,7-11,14,19H2,1-3H3,(H,42,44)(H,43,45);1-3,6-7,10-13,16-20,26-27,35-37H,4-5,8-9,14-15H2,(H,38,40)(H,39,41);2*1-5H;1,3H;;;2H,1H3;5*1H;;;/q;;;;;;;;;;;;;2*+1;-1/p-1/t34-,39-;26-,27?,35-;;;;;;;;;;;;;;/m00............../s1. The van der Waals surface area contributed by atoms with Crippen molar-refractivity contribution in [3.63, 3.8) is 0 Å². The van der Waals surface area contributed by atoms with E-state index in [1.54, 1.807) is 41.3 Å². The third kappa shape index (κ3) is 26.5. The van der Waals surface area contributed by atoms with Gasteiger partial charge in [-0.3, -0.25) is 29.9 Å². The van der Waals surface area contributed by atoms with Crippen molar-refractivity contribution in [2.75, 3.05) is 26.7 Å². The Balaban J connectivity index is 0.000000339. The quantitative estimate of drug-likeness (QED) is 0.0185. The van der Waals surface area contributed by atoms with Gasteiger partial charge in [0.05, 0.1) is 98.0 Å². The second-order valence-corrected chi connectivity index (χ2v) is 30.4. The van der Waals surface area contributed by atoms with Crippen LogP contribution in [-0.2, 0) is 33.6 Å². The van der Waals surface area contributed by atoms with E-state index in [4.69, 9.17) is 68.5 Å². The molecule has 1 saturated carbocycles. The van der Waals surface area contributed by atoms with Crippen LogP contribution in [0.4, 0.5) is 16.2 Å². The summed E-state index contributed by atoms with van der Waals surface area (Å²) in [5.74, 6) is 6.18. The first-order valence-electron chi connectivity index (χ1n) is 40.2. The number of likely N-dealkylation sites (tertiary alicyclic amines) is 1. The summed E-state index contributed by atoms with van der Waals surface area (Å²) in [5, 5.41) is 44.8. The van der Waals surface area contributed by atoms with Crippen LogP contribution in [0.25, 0.3) is 89.4 Å². The van der Waals surface area contributed by atoms with Gasteiger partial charge in [-0.15, -0.1) is 62.0 Å². The Kier molecular flexibility index (Phi) is 43.9. The van der Waals surface area contributed by atoms with Crippen LogP contribution in [0.2, 0.25) is 0 Å². The van der Waals surface area contributed by atoms with Gasteiger partial charge in [0.15, 0.2) is 0 Å². The number of amides is 1. The number of halogens is 5. The molecule has 3 saturated heterocycles. The van der Waals surface area contributed by atoms with Crippen LogP contribution in [0, 0.1) is 20.2 Å². The van der Waals surface area contributed by atoms with E-state index in [0.29, 0.717) is 24.5 Å². The molecule has 4 fully saturated rings. The molecular formula is C92H96Cl5K2N15O16. The van der Waals surface area contributed by atoms with Gasteiger partial charge in [-0.05, 0) is 146 Å². The van der Waals surface area contributed by atoms with E-state index in [0.717, 1.165) is 176 Å². The summed E-state index contributed by atoms with van der Waals surface area (Å²) in [5.41, 5.74) is 16.9. The van der Waals surface area contributed by atoms with Crippen LogP contribution in [0.5, 0.6) is 11.5 Å². The van der Waals surface area contributed by atoms with E-state index in [9.17, 15) is 25.0 Å². The number of nitrogens with zero attached hydrogens (tertiary/aromatic N) is 9. The number of hydrogen-bond donors (Lipinski definition) is 7. The van der Waals surface area contributed by atoms with Crippen molar-refractivity contribution in [1.29, 1.82) is 0 Å². The summed E-state index contributed by atoms with van der Waals surface area (Å²) >= 11 is 0. The van der Waals surface area contributed by atoms with Gasteiger partial charge in [-0.1, -0.05) is 134 Å². The van der Waals surface area contributed by atoms with E-state index in [2.05, 4.69) is 178 Å². The molecule has 8 aromatic carbocycles.